The Morgan fingerprint density at radius 2 is 0.595 bits per heavy atom. The molecule has 5 fully saturated rings. The first kappa shape index (κ1) is 41.6. The number of hydrogen-bond donors (Lipinski definition) is 0. The quantitative estimate of drug-likeness (QED) is 0.287. The van der Waals surface area contributed by atoms with Crippen molar-refractivity contribution in [1.82, 2.24) is 0 Å². The highest BCUT2D eigenvalue weighted by Gasteiger charge is 2.44. The molecule has 0 saturated heterocycles. The van der Waals surface area contributed by atoms with Crippen molar-refractivity contribution in [2.45, 2.75) is 155 Å². The summed E-state index contributed by atoms with van der Waals surface area (Å²) in [5.41, 5.74) is 0. The largest absolute Gasteiger partial charge is 0.412 e. The lowest BCUT2D eigenvalue weighted by atomic mass is 9.64. The predicted molar refractivity (Wildman–Crippen MR) is 168 cm³/mol. The maximum Gasteiger partial charge on any atom is 0.134 e. The van der Waals surface area contributed by atoms with Crippen molar-refractivity contribution in [3.8, 4) is 0 Å². The first-order chi connectivity index (χ1) is 18.2. The lowest BCUT2D eigenvalue weighted by molar-refractivity contribution is -0.00996. The topological polar surface area (TPSA) is 126 Å². The van der Waals surface area contributed by atoms with E-state index in [1.54, 1.807) is 0 Å². The monoisotopic (exact) mass is 617 g/mol. The molecule has 5 rings (SSSR count). The van der Waals surface area contributed by atoms with Gasteiger partial charge in [0.05, 0.1) is 0 Å². The van der Waals surface area contributed by atoms with Crippen LogP contribution in [-0.2, 0) is 0 Å². The van der Waals surface area contributed by atoms with E-state index in [1.807, 2.05) is 13.8 Å². The molecule has 0 radical (unpaired) electrons. The van der Waals surface area contributed by atoms with Gasteiger partial charge in [0.15, 0.2) is 0 Å². The summed E-state index contributed by atoms with van der Waals surface area (Å²) in [5, 5.41) is 0. The molecule has 256 valence electrons. The second kappa shape index (κ2) is 19.2. The molecule has 5 aliphatic carbocycles. The molecule has 0 aromatic rings. The molecule has 0 aromatic carbocycles. The molecule has 8 heteroatoms. The second-order valence-electron chi connectivity index (χ2n) is 14.9. The molecule has 42 heavy (non-hydrogen) atoms. The fourth-order valence-electron chi connectivity index (χ4n) is 9.15. The van der Waals surface area contributed by atoms with E-state index >= 15 is 0 Å². The van der Waals surface area contributed by atoms with Crippen molar-refractivity contribution in [3.05, 3.63) is 0 Å². The summed E-state index contributed by atoms with van der Waals surface area (Å²) >= 11 is 0. The van der Waals surface area contributed by atoms with Gasteiger partial charge < -0.3 is 21.9 Å². The summed E-state index contributed by atoms with van der Waals surface area (Å²) in [6.45, 7) is 8.36. The highest BCUT2D eigenvalue weighted by atomic mass is 19.2. The van der Waals surface area contributed by atoms with Gasteiger partial charge in [-0.15, -0.1) is 0 Å². The SMILES string of the molecule is CC1CCC(C2CCC(C)C(F)C2F)CC1.CC1CCC(C2CCC(C3CCC(C)C(F)C3F)CC2)CC1.O.O.O.O.[HH]. The predicted octanol–water partition coefficient (Wildman–Crippen LogP) is 7.82. The van der Waals surface area contributed by atoms with Crippen LogP contribution >= 0.6 is 0 Å². The van der Waals surface area contributed by atoms with Gasteiger partial charge in [-0.2, -0.15) is 0 Å². The van der Waals surface area contributed by atoms with E-state index in [0.29, 0.717) is 11.8 Å². The third kappa shape index (κ3) is 10.3. The molecule has 0 bridgehead atoms. The van der Waals surface area contributed by atoms with E-state index in [0.717, 1.165) is 75.0 Å². The van der Waals surface area contributed by atoms with E-state index in [9.17, 15) is 17.6 Å². The van der Waals surface area contributed by atoms with Crippen LogP contribution in [0.3, 0.4) is 0 Å². The van der Waals surface area contributed by atoms with Crippen LogP contribution in [0.4, 0.5) is 17.6 Å². The van der Waals surface area contributed by atoms with Gasteiger partial charge in [-0.25, -0.2) is 17.6 Å². The summed E-state index contributed by atoms with van der Waals surface area (Å²) in [6.07, 6.45) is 13.9. The van der Waals surface area contributed by atoms with Gasteiger partial charge in [0.2, 0.25) is 0 Å². The summed E-state index contributed by atoms with van der Waals surface area (Å²) in [5.74, 6) is 4.31. The van der Waals surface area contributed by atoms with Crippen molar-refractivity contribution < 1.29 is 40.9 Å². The number of halogens is 4. The molecule has 0 heterocycles. The molecule has 0 aliphatic heterocycles. The molecular weight excluding hydrogens is 548 g/mol. The van der Waals surface area contributed by atoms with Crippen molar-refractivity contribution in [3.63, 3.8) is 0 Å². The fraction of sp³-hybridized carbons (Fsp3) is 1.00. The lowest BCUT2D eigenvalue weighted by Gasteiger charge is -2.42. The Labute approximate surface area is 255 Å². The van der Waals surface area contributed by atoms with Gasteiger partial charge in [0.25, 0.3) is 0 Å². The van der Waals surface area contributed by atoms with E-state index in [4.69, 9.17) is 0 Å². The Balaban J connectivity index is 0. The third-order valence-electron chi connectivity index (χ3n) is 12.2. The zero-order chi connectivity index (χ0) is 27.4. The summed E-state index contributed by atoms with van der Waals surface area (Å²) in [7, 11) is 0. The van der Waals surface area contributed by atoms with Crippen LogP contribution in [0.15, 0.2) is 0 Å². The van der Waals surface area contributed by atoms with Crippen molar-refractivity contribution in [2.75, 3.05) is 0 Å². The molecule has 8 N–H and O–H groups in total. The molecule has 0 amide bonds. The van der Waals surface area contributed by atoms with E-state index in [2.05, 4.69) is 13.8 Å². The fourth-order valence-corrected chi connectivity index (χ4v) is 9.15. The van der Waals surface area contributed by atoms with Crippen LogP contribution in [0.1, 0.15) is 132 Å². The summed E-state index contributed by atoms with van der Waals surface area (Å²) < 4.78 is 56.1. The van der Waals surface area contributed by atoms with Crippen LogP contribution in [0.25, 0.3) is 0 Å². The highest BCUT2D eigenvalue weighted by molar-refractivity contribution is 4.93. The molecule has 4 nitrogen and oxygen atoms in total. The van der Waals surface area contributed by atoms with Gasteiger partial charge in [0.1, 0.15) is 24.7 Å². The van der Waals surface area contributed by atoms with Crippen LogP contribution in [-0.4, -0.2) is 46.6 Å². The molecule has 0 aromatic heterocycles. The standard InChI is InChI=1S/C20H34F2.C14H24F2.4H2O.H2/c1-13-3-6-15(7-4-13)16-8-10-17(11-9-16)18-12-5-14(2)19(21)20(18)22;1-9-3-6-11(7-4-9)12-8-5-10(2)13(15)14(12)16;;;;;/h13-20H,3-12H2,1-2H3;9-14H,3-8H2,1-2H3;4*1H2;1H. The van der Waals surface area contributed by atoms with Gasteiger partial charge in [0, 0.05) is 1.43 Å². The Morgan fingerprint density at radius 1 is 0.333 bits per heavy atom. The molecule has 8 unspecified atom stereocenters. The second-order valence-corrected chi connectivity index (χ2v) is 14.9. The maximum atomic E-state index is 14.4. The molecule has 8 atom stereocenters. The average Bonchev–Trinajstić information content (AvgIpc) is 2.92. The minimum Gasteiger partial charge on any atom is -0.412 e. The average molecular weight is 617 g/mol. The number of rotatable bonds is 3. The Bertz CT molecular complexity index is 700. The Morgan fingerprint density at radius 3 is 0.929 bits per heavy atom. The van der Waals surface area contributed by atoms with Crippen molar-refractivity contribution in [2.24, 2.45) is 59.2 Å². The lowest BCUT2D eigenvalue weighted by Crippen LogP contribution is -2.41. The highest BCUT2D eigenvalue weighted by Crippen LogP contribution is 2.47. The minimum absolute atomic E-state index is 0. The zero-order valence-electron chi connectivity index (χ0n) is 26.9. The van der Waals surface area contributed by atoms with Gasteiger partial charge >= 0.3 is 0 Å². The van der Waals surface area contributed by atoms with Gasteiger partial charge in [-0.1, -0.05) is 53.4 Å². The molecule has 5 aliphatic rings. The molecule has 5 saturated carbocycles. The first-order valence-electron chi connectivity index (χ1n) is 16.7. The van der Waals surface area contributed by atoms with Crippen LogP contribution in [0.5, 0.6) is 0 Å². The van der Waals surface area contributed by atoms with Crippen molar-refractivity contribution >= 4 is 0 Å². The molecular formula is C34H68F4O4. The minimum atomic E-state index is -1.21. The van der Waals surface area contributed by atoms with Gasteiger partial charge in [-0.05, 0) is 136 Å². The van der Waals surface area contributed by atoms with Crippen LogP contribution in [0, 0.1) is 59.2 Å². The number of hydrogen-bond acceptors (Lipinski definition) is 0. The Hall–Kier alpha value is -0.440. The van der Waals surface area contributed by atoms with Crippen molar-refractivity contribution in [1.29, 1.82) is 0 Å². The third-order valence-corrected chi connectivity index (χ3v) is 12.2. The summed E-state index contributed by atoms with van der Waals surface area (Å²) in [4.78, 5) is 0. The molecule has 0 spiro atoms. The van der Waals surface area contributed by atoms with Crippen LogP contribution in [0.2, 0.25) is 0 Å². The van der Waals surface area contributed by atoms with E-state index in [1.165, 1.54) is 51.4 Å². The zero-order valence-corrected chi connectivity index (χ0v) is 26.9. The van der Waals surface area contributed by atoms with Gasteiger partial charge in [-0.3, -0.25) is 0 Å². The smallest absolute Gasteiger partial charge is 0.134 e. The van der Waals surface area contributed by atoms with E-state index < -0.39 is 24.7 Å². The normalized spacial score (nSPS) is 45.7. The Kier molecular flexibility index (Phi) is 19.0. The van der Waals surface area contributed by atoms with Crippen LogP contribution < -0.4 is 0 Å². The maximum absolute atomic E-state index is 14.4. The summed E-state index contributed by atoms with van der Waals surface area (Å²) in [6, 6.07) is 0. The van der Waals surface area contributed by atoms with E-state index in [-0.39, 0.29) is 47.0 Å². The first-order valence-corrected chi connectivity index (χ1v) is 16.7. The number of alkyl halides is 4.